The number of nitrogens with one attached hydrogen (secondary N) is 1. The van der Waals surface area contributed by atoms with E-state index in [4.69, 9.17) is 0 Å². The Balaban J connectivity index is 0.00000176. The highest BCUT2D eigenvalue weighted by molar-refractivity contribution is 5.86. The highest BCUT2D eigenvalue weighted by Crippen LogP contribution is 2.31. The van der Waals surface area contributed by atoms with Gasteiger partial charge in [0.2, 0.25) is 0 Å². The lowest BCUT2D eigenvalue weighted by molar-refractivity contribution is -0.807. The van der Waals surface area contributed by atoms with Crippen molar-refractivity contribution in [2.45, 2.75) is 6.55 Å². The summed E-state index contributed by atoms with van der Waals surface area (Å²) in [5, 5.41) is 0. The van der Waals surface area contributed by atoms with E-state index in [1.165, 1.54) is 4.90 Å². The molecule has 0 spiro atoms. The summed E-state index contributed by atoms with van der Waals surface area (Å²) in [5.74, 6) is 0. The van der Waals surface area contributed by atoms with Crippen molar-refractivity contribution in [3.05, 3.63) is 71.8 Å². The Bertz CT molecular complexity index is 644. The second-order valence-electron chi connectivity index (χ2n) is 5.14. The molecule has 0 saturated heterocycles. The van der Waals surface area contributed by atoms with Crippen LogP contribution in [0.25, 0.3) is 11.4 Å². The molecule has 0 fully saturated rings. The van der Waals surface area contributed by atoms with Crippen LogP contribution in [0, 0.1) is 0 Å². The Hall–Kier alpha value is -1.47. The van der Waals surface area contributed by atoms with Gasteiger partial charge in [-0.1, -0.05) is 48.5 Å². The van der Waals surface area contributed by atoms with E-state index in [0.29, 0.717) is 5.70 Å². The molecule has 22 heavy (non-hydrogen) atoms. The molecule has 2 nitrogen and oxygen atoms in total. The van der Waals surface area contributed by atoms with Gasteiger partial charge < -0.3 is 24.0 Å². The Morgan fingerprint density at radius 3 is 1.91 bits per heavy atom. The Morgan fingerprint density at radius 2 is 1.41 bits per heavy atom. The number of hydrogen-bond donors (Lipinski definition) is 1. The van der Waals surface area contributed by atoms with Crippen molar-refractivity contribution >= 4 is 11.4 Å². The second-order valence-corrected chi connectivity index (χ2v) is 5.14. The average molecular weight is 414 g/mol. The number of rotatable bonds is 3. The first kappa shape index (κ1) is 16.9. The molecular formula is C17H17F2IN2. The molecule has 5 heteroatoms. The third-order valence-corrected chi connectivity index (χ3v) is 3.70. The van der Waals surface area contributed by atoms with Crippen LogP contribution in [0.1, 0.15) is 11.1 Å². The van der Waals surface area contributed by atoms with E-state index in [9.17, 15) is 8.78 Å². The van der Waals surface area contributed by atoms with Crippen LogP contribution in [0.3, 0.4) is 0 Å². The minimum absolute atomic E-state index is 0. The molecule has 1 atom stereocenters. The van der Waals surface area contributed by atoms with Crippen LogP contribution < -0.4 is 28.9 Å². The first-order chi connectivity index (χ1) is 10.2. The molecule has 0 amide bonds. The van der Waals surface area contributed by atoms with Gasteiger partial charge in [-0.25, -0.2) is 0 Å². The first-order valence-electron chi connectivity index (χ1n) is 6.91. The van der Waals surface area contributed by atoms with Gasteiger partial charge in [0, 0.05) is 11.1 Å². The summed E-state index contributed by atoms with van der Waals surface area (Å²) in [5.41, 5.74) is 3.35. The molecule has 1 aliphatic rings. The largest absolute Gasteiger partial charge is 1.00 e. The van der Waals surface area contributed by atoms with Crippen LogP contribution in [0.15, 0.2) is 60.7 Å². The third kappa shape index (κ3) is 3.15. The van der Waals surface area contributed by atoms with Gasteiger partial charge in [-0.15, -0.1) is 0 Å². The summed E-state index contributed by atoms with van der Waals surface area (Å²) in [4.78, 5) is 2.15. The van der Waals surface area contributed by atoms with Crippen LogP contribution in [0.5, 0.6) is 0 Å². The van der Waals surface area contributed by atoms with Crippen molar-refractivity contribution < 1.29 is 37.7 Å². The van der Waals surface area contributed by atoms with Gasteiger partial charge in [-0.2, -0.15) is 8.78 Å². The van der Waals surface area contributed by atoms with Crippen LogP contribution in [-0.4, -0.2) is 25.2 Å². The number of hydrogen-bond acceptors (Lipinski definition) is 1. The topological polar surface area (TPSA) is 7.68 Å². The van der Waals surface area contributed by atoms with Crippen LogP contribution in [0.2, 0.25) is 0 Å². The van der Waals surface area contributed by atoms with E-state index in [2.05, 4.69) is 0 Å². The van der Waals surface area contributed by atoms with Crippen molar-refractivity contribution in [3.8, 4) is 0 Å². The maximum absolute atomic E-state index is 13.4. The fourth-order valence-electron chi connectivity index (χ4n) is 2.82. The van der Waals surface area contributed by atoms with E-state index in [-0.39, 0.29) is 30.6 Å². The zero-order chi connectivity index (χ0) is 14.8. The number of quaternary nitrogens is 1. The van der Waals surface area contributed by atoms with Crippen molar-refractivity contribution in [2.24, 2.45) is 0 Å². The van der Waals surface area contributed by atoms with Crippen LogP contribution in [0.4, 0.5) is 8.78 Å². The van der Waals surface area contributed by atoms with Gasteiger partial charge in [0.1, 0.15) is 5.70 Å². The standard InChI is InChI=1S/C17H16F2N2.HI/c1-20-12-21(17(18)19)16(14-10-6-3-7-11-14)15(20)13-8-4-2-5-9-13;/h2-11,17H,12H2,1H3;1H. The van der Waals surface area contributed by atoms with Gasteiger partial charge >= 0.3 is 6.55 Å². The molecule has 0 bridgehead atoms. The molecule has 0 aromatic heterocycles. The summed E-state index contributed by atoms with van der Waals surface area (Å²) >= 11 is 0. The second kappa shape index (κ2) is 7.19. The number of benzene rings is 2. The van der Waals surface area contributed by atoms with Gasteiger partial charge in [-0.3, -0.25) is 9.80 Å². The fourth-order valence-corrected chi connectivity index (χ4v) is 2.82. The Morgan fingerprint density at radius 1 is 0.909 bits per heavy atom. The predicted molar refractivity (Wildman–Crippen MR) is 79.3 cm³/mol. The molecule has 1 aliphatic heterocycles. The lowest BCUT2D eigenvalue weighted by atomic mass is 10.0. The summed E-state index contributed by atoms with van der Waals surface area (Å²) in [6.45, 7) is -2.23. The maximum atomic E-state index is 13.4. The molecule has 1 heterocycles. The van der Waals surface area contributed by atoms with E-state index in [1.54, 1.807) is 0 Å². The van der Waals surface area contributed by atoms with E-state index in [1.807, 2.05) is 67.7 Å². The monoisotopic (exact) mass is 414 g/mol. The minimum atomic E-state index is -2.50. The molecule has 0 radical (unpaired) electrons. The zero-order valence-electron chi connectivity index (χ0n) is 12.1. The van der Waals surface area contributed by atoms with Gasteiger partial charge in [0.15, 0.2) is 12.4 Å². The van der Waals surface area contributed by atoms with Gasteiger partial charge in [0.05, 0.1) is 7.05 Å². The fraction of sp³-hybridized carbons (Fsp3) is 0.176. The molecule has 116 valence electrons. The van der Waals surface area contributed by atoms with Crippen LogP contribution >= 0.6 is 0 Å². The van der Waals surface area contributed by atoms with E-state index < -0.39 is 6.55 Å². The van der Waals surface area contributed by atoms with Crippen LogP contribution in [-0.2, 0) is 0 Å². The number of nitrogens with zero attached hydrogens (tertiary/aromatic N) is 1. The molecule has 0 aliphatic carbocycles. The number of alkyl halides is 2. The summed E-state index contributed by atoms with van der Waals surface area (Å²) in [6.07, 6.45) is 0. The SMILES string of the molecule is C[NH+]1CN(C(F)F)C(c2ccccc2)=C1c1ccccc1.[I-]. The molecular weight excluding hydrogens is 397 g/mol. The van der Waals surface area contributed by atoms with Gasteiger partial charge in [-0.05, 0) is 12.1 Å². The Kier molecular flexibility index (Phi) is 5.52. The number of halogens is 3. The zero-order valence-corrected chi connectivity index (χ0v) is 14.3. The molecule has 1 unspecified atom stereocenters. The summed E-state index contributed by atoms with van der Waals surface area (Å²) in [7, 11) is 1.92. The maximum Gasteiger partial charge on any atom is 0.319 e. The van der Waals surface area contributed by atoms with Crippen molar-refractivity contribution in [1.82, 2.24) is 4.90 Å². The average Bonchev–Trinajstić information content (AvgIpc) is 2.87. The molecule has 2 aromatic carbocycles. The van der Waals surface area contributed by atoms with E-state index in [0.717, 1.165) is 21.7 Å². The molecule has 0 saturated carbocycles. The lowest BCUT2D eigenvalue weighted by Gasteiger charge is -2.18. The smallest absolute Gasteiger partial charge is 0.319 e. The molecule has 1 N–H and O–H groups in total. The highest BCUT2D eigenvalue weighted by atomic mass is 127. The first-order valence-corrected chi connectivity index (χ1v) is 6.91. The third-order valence-electron chi connectivity index (χ3n) is 3.70. The van der Waals surface area contributed by atoms with Crippen molar-refractivity contribution in [1.29, 1.82) is 0 Å². The van der Waals surface area contributed by atoms with E-state index >= 15 is 0 Å². The summed E-state index contributed by atoms with van der Waals surface area (Å²) in [6, 6.07) is 19.1. The minimum Gasteiger partial charge on any atom is -1.00 e. The lowest BCUT2D eigenvalue weighted by Crippen LogP contribution is -3.05. The van der Waals surface area contributed by atoms with Crippen molar-refractivity contribution in [3.63, 3.8) is 0 Å². The quantitative estimate of drug-likeness (QED) is 0.527. The predicted octanol–water partition coefficient (Wildman–Crippen LogP) is -0.473. The Labute approximate surface area is 146 Å². The molecule has 3 rings (SSSR count). The normalized spacial score (nSPS) is 17.8. The van der Waals surface area contributed by atoms with Crippen molar-refractivity contribution in [2.75, 3.05) is 13.7 Å². The van der Waals surface area contributed by atoms with Gasteiger partial charge in [0.25, 0.3) is 0 Å². The summed E-state index contributed by atoms with van der Waals surface area (Å²) < 4.78 is 26.8. The molecule has 2 aromatic rings. The highest BCUT2D eigenvalue weighted by Gasteiger charge is 2.37.